The van der Waals surface area contributed by atoms with Crippen LogP contribution in [0.25, 0.3) is 11.2 Å². The Morgan fingerprint density at radius 2 is 2.21 bits per heavy atom. The van der Waals surface area contributed by atoms with Crippen molar-refractivity contribution in [1.82, 2.24) is 19.9 Å². The molecule has 1 saturated carbocycles. The highest BCUT2D eigenvalue weighted by Crippen LogP contribution is 2.45. The van der Waals surface area contributed by atoms with Gasteiger partial charge in [-0.3, -0.25) is 0 Å². The lowest BCUT2D eigenvalue weighted by atomic mass is 10.1. The Morgan fingerprint density at radius 1 is 1.37 bits per heavy atom. The van der Waals surface area contributed by atoms with E-state index in [0.29, 0.717) is 11.6 Å². The van der Waals surface area contributed by atoms with E-state index in [0.717, 1.165) is 37.3 Å². The van der Waals surface area contributed by atoms with Crippen LogP contribution >= 0.6 is 0 Å². The summed E-state index contributed by atoms with van der Waals surface area (Å²) in [5.41, 5.74) is 1.48. The molecule has 0 unspecified atom stereocenters. The zero-order chi connectivity index (χ0) is 13.3. The molecule has 0 aliphatic heterocycles. The van der Waals surface area contributed by atoms with Gasteiger partial charge in [0, 0.05) is 18.5 Å². The number of aromatic amines is 1. The maximum Gasteiger partial charge on any atom is 0.226 e. The Bertz CT molecular complexity index is 577. The molecule has 0 radical (unpaired) electrons. The highest BCUT2D eigenvalue weighted by atomic mass is 16.3. The zero-order valence-electron chi connectivity index (χ0n) is 10.9. The predicted molar refractivity (Wildman–Crippen MR) is 73.1 cm³/mol. The van der Waals surface area contributed by atoms with Crippen molar-refractivity contribution in [2.45, 2.75) is 19.8 Å². The molecule has 2 aromatic rings. The molecule has 102 valence electrons. The van der Waals surface area contributed by atoms with Crippen LogP contribution < -0.4 is 10.6 Å². The highest BCUT2D eigenvalue weighted by Gasteiger charge is 2.41. The van der Waals surface area contributed by atoms with E-state index in [-0.39, 0.29) is 12.0 Å². The molecular weight excluding hydrogens is 244 g/mol. The Morgan fingerprint density at radius 3 is 2.89 bits per heavy atom. The van der Waals surface area contributed by atoms with Crippen LogP contribution in [0.15, 0.2) is 6.33 Å². The first-order chi connectivity index (χ1) is 9.26. The maximum atomic E-state index is 9.34. The molecular formula is C12H18N6O. The summed E-state index contributed by atoms with van der Waals surface area (Å²) in [7, 11) is 0. The van der Waals surface area contributed by atoms with Gasteiger partial charge >= 0.3 is 0 Å². The Labute approximate surface area is 110 Å². The van der Waals surface area contributed by atoms with E-state index < -0.39 is 0 Å². The Balaban J connectivity index is 1.85. The van der Waals surface area contributed by atoms with E-state index >= 15 is 0 Å². The van der Waals surface area contributed by atoms with Crippen LogP contribution in [0.2, 0.25) is 0 Å². The van der Waals surface area contributed by atoms with Gasteiger partial charge in [0.05, 0.1) is 12.9 Å². The van der Waals surface area contributed by atoms with Crippen LogP contribution in [-0.4, -0.2) is 44.7 Å². The van der Waals surface area contributed by atoms with E-state index in [1.807, 2.05) is 6.92 Å². The molecule has 2 aromatic heterocycles. The van der Waals surface area contributed by atoms with Gasteiger partial charge in [-0.1, -0.05) is 0 Å². The second-order valence-electron chi connectivity index (χ2n) is 5.04. The smallest absolute Gasteiger partial charge is 0.226 e. The van der Waals surface area contributed by atoms with Gasteiger partial charge in [0.1, 0.15) is 5.52 Å². The summed E-state index contributed by atoms with van der Waals surface area (Å²) in [5.74, 6) is 1.30. The number of hydrogen-bond acceptors (Lipinski definition) is 6. The van der Waals surface area contributed by atoms with Crippen LogP contribution in [0.3, 0.4) is 0 Å². The van der Waals surface area contributed by atoms with Gasteiger partial charge in [-0.05, 0) is 19.8 Å². The van der Waals surface area contributed by atoms with Crippen molar-refractivity contribution >= 4 is 22.9 Å². The molecule has 1 fully saturated rings. The normalized spacial score (nSPS) is 16.5. The van der Waals surface area contributed by atoms with E-state index in [1.165, 1.54) is 0 Å². The number of aromatic nitrogens is 4. The fourth-order valence-electron chi connectivity index (χ4n) is 2.04. The van der Waals surface area contributed by atoms with Crippen LogP contribution in [-0.2, 0) is 0 Å². The third-order valence-corrected chi connectivity index (χ3v) is 3.54. The third kappa shape index (κ3) is 2.33. The van der Waals surface area contributed by atoms with Crippen molar-refractivity contribution in [3.05, 3.63) is 6.33 Å². The molecule has 0 saturated heterocycles. The summed E-state index contributed by atoms with van der Waals surface area (Å²) in [6.07, 6.45) is 3.74. The molecule has 0 aromatic carbocycles. The molecule has 1 aliphatic carbocycles. The van der Waals surface area contributed by atoms with Gasteiger partial charge in [-0.2, -0.15) is 9.97 Å². The molecule has 3 rings (SSSR count). The number of aliphatic hydroxyl groups excluding tert-OH is 1. The van der Waals surface area contributed by atoms with E-state index in [2.05, 4.69) is 30.6 Å². The number of H-pyrrole nitrogens is 1. The van der Waals surface area contributed by atoms with Crippen LogP contribution in [0.1, 0.15) is 19.8 Å². The summed E-state index contributed by atoms with van der Waals surface area (Å²) in [5, 5.41) is 15.7. The van der Waals surface area contributed by atoms with Crippen molar-refractivity contribution in [3.8, 4) is 0 Å². The SMILES string of the molecule is CCNc1nc(NCC2(CO)CC2)c2[nH]cnc2n1. The standard InChI is InChI=1S/C12H18N6O/c1-2-13-11-17-9(8-10(18-11)16-7-15-8)14-5-12(6-19)3-4-12/h7,19H,2-6H2,1H3,(H3,13,14,15,16,17,18). The Kier molecular flexibility index (Phi) is 2.98. The minimum Gasteiger partial charge on any atom is -0.396 e. The largest absolute Gasteiger partial charge is 0.396 e. The number of fused-ring (bicyclic) bond motifs is 1. The van der Waals surface area contributed by atoms with Crippen LogP contribution in [0.4, 0.5) is 11.8 Å². The average Bonchev–Trinajstić information content (AvgIpc) is 3.05. The molecule has 0 amide bonds. The van der Waals surface area contributed by atoms with E-state index in [9.17, 15) is 5.11 Å². The maximum absolute atomic E-state index is 9.34. The molecule has 19 heavy (non-hydrogen) atoms. The number of aliphatic hydroxyl groups is 1. The third-order valence-electron chi connectivity index (χ3n) is 3.54. The number of imidazole rings is 1. The first-order valence-corrected chi connectivity index (χ1v) is 6.56. The number of nitrogens with one attached hydrogen (secondary N) is 3. The fraction of sp³-hybridized carbons (Fsp3) is 0.583. The van der Waals surface area contributed by atoms with Gasteiger partial charge in [0.25, 0.3) is 0 Å². The monoisotopic (exact) mass is 262 g/mol. The molecule has 1 aliphatic rings. The topological polar surface area (TPSA) is 98.8 Å². The first kappa shape index (κ1) is 12.2. The van der Waals surface area contributed by atoms with Gasteiger partial charge in [-0.25, -0.2) is 4.98 Å². The number of hydrogen-bond donors (Lipinski definition) is 4. The summed E-state index contributed by atoms with van der Waals surface area (Å²) in [6.45, 7) is 3.70. The first-order valence-electron chi connectivity index (χ1n) is 6.56. The van der Waals surface area contributed by atoms with Crippen molar-refractivity contribution in [2.75, 3.05) is 30.3 Å². The predicted octanol–water partition coefficient (Wildman–Crippen LogP) is 0.969. The zero-order valence-corrected chi connectivity index (χ0v) is 10.9. The molecule has 2 heterocycles. The van der Waals surface area contributed by atoms with Crippen molar-refractivity contribution in [3.63, 3.8) is 0 Å². The molecule has 4 N–H and O–H groups in total. The summed E-state index contributed by atoms with van der Waals surface area (Å²) >= 11 is 0. The van der Waals surface area contributed by atoms with Crippen molar-refractivity contribution in [2.24, 2.45) is 5.41 Å². The molecule has 0 atom stereocenters. The van der Waals surface area contributed by atoms with Gasteiger partial charge in [-0.15, -0.1) is 0 Å². The lowest BCUT2D eigenvalue weighted by molar-refractivity contribution is 0.219. The lowest BCUT2D eigenvalue weighted by Crippen LogP contribution is -2.20. The quantitative estimate of drug-likeness (QED) is 0.619. The van der Waals surface area contributed by atoms with Gasteiger partial charge in [0.2, 0.25) is 5.95 Å². The average molecular weight is 262 g/mol. The van der Waals surface area contributed by atoms with E-state index in [4.69, 9.17) is 0 Å². The van der Waals surface area contributed by atoms with Crippen molar-refractivity contribution < 1.29 is 5.11 Å². The summed E-state index contributed by atoms with van der Waals surface area (Å²) < 4.78 is 0. The molecule has 7 nitrogen and oxygen atoms in total. The number of rotatable bonds is 6. The minimum atomic E-state index is 0.0373. The van der Waals surface area contributed by atoms with Gasteiger partial charge in [0.15, 0.2) is 11.5 Å². The number of nitrogens with zero attached hydrogens (tertiary/aromatic N) is 3. The highest BCUT2D eigenvalue weighted by molar-refractivity contribution is 5.83. The minimum absolute atomic E-state index is 0.0373. The van der Waals surface area contributed by atoms with E-state index in [1.54, 1.807) is 6.33 Å². The second kappa shape index (κ2) is 4.65. The van der Waals surface area contributed by atoms with Gasteiger partial charge < -0.3 is 20.7 Å². The van der Waals surface area contributed by atoms with Crippen LogP contribution in [0, 0.1) is 5.41 Å². The molecule has 0 bridgehead atoms. The summed E-state index contributed by atoms with van der Waals surface area (Å²) in [6, 6.07) is 0. The molecule has 0 spiro atoms. The molecule has 7 heteroatoms. The van der Waals surface area contributed by atoms with Crippen molar-refractivity contribution in [1.29, 1.82) is 0 Å². The number of anilines is 2. The lowest BCUT2D eigenvalue weighted by Gasteiger charge is -2.14. The van der Waals surface area contributed by atoms with Crippen LogP contribution in [0.5, 0.6) is 0 Å². The summed E-state index contributed by atoms with van der Waals surface area (Å²) in [4.78, 5) is 16.0. The second-order valence-corrected chi connectivity index (χ2v) is 5.04. The Hall–Kier alpha value is -1.89. The fourth-order valence-corrected chi connectivity index (χ4v) is 2.04.